The first-order valence-corrected chi connectivity index (χ1v) is 8.02. The average Bonchev–Trinajstić information content (AvgIpc) is 2.87. The van der Waals surface area contributed by atoms with Crippen LogP contribution in [-0.2, 0) is 17.8 Å². The minimum Gasteiger partial charge on any atom is -0.352 e. The van der Waals surface area contributed by atoms with Crippen LogP contribution in [0.4, 0.5) is 0 Å². The number of nitrogens with one attached hydrogen (secondary N) is 1. The van der Waals surface area contributed by atoms with E-state index in [4.69, 9.17) is 0 Å². The van der Waals surface area contributed by atoms with Gasteiger partial charge in [-0.2, -0.15) is 5.10 Å². The molecule has 5 nitrogen and oxygen atoms in total. The van der Waals surface area contributed by atoms with Gasteiger partial charge in [-0.3, -0.25) is 9.59 Å². The molecular weight excluding hydrogens is 302 g/mol. The molecule has 24 heavy (non-hydrogen) atoms. The lowest BCUT2D eigenvalue weighted by molar-refractivity contribution is -0.121. The molecule has 0 fully saturated rings. The molecule has 0 atom stereocenters. The monoisotopic (exact) mass is 325 g/mol. The van der Waals surface area contributed by atoms with E-state index in [1.165, 1.54) is 4.68 Å². The van der Waals surface area contributed by atoms with Gasteiger partial charge in [-0.05, 0) is 25.8 Å². The van der Waals surface area contributed by atoms with E-state index >= 15 is 0 Å². The summed E-state index contributed by atoms with van der Waals surface area (Å²) in [6.45, 7) is 7.94. The number of carbonyl (C=O) groups is 2. The number of carbonyl (C=O) groups excluding carboxylic acids is 2. The smallest absolute Gasteiger partial charge is 0.247 e. The molecule has 0 aliphatic carbocycles. The van der Waals surface area contributed by atoms with Crippen molar-refractivity contribution in [3.05, 3.63) is 65.5 Å². The molecule has 0 radical (unpaired) electrons. The second-order valence-corrected chi connectivity index (χ2v) is 5.71. The normalized spacial score (nSPS) is 10.4. The van der Waals surface area contributed by atoms with Crippen LogP contribution >= 0.6 is 0 Å². The second-order valence-electron chi connectivity index (χ2n) is 5.71. The number of amides is 1. The van der Waals surface area contributed by atoms with Crippen molar-refractivity contribution in [2.24, 2.45) is 0 Å². The van der Waals surface area contributed by atoms with Crippen molar-refractivity contribution < 1.29 is 9.59 Å². The Morgan fingerprint density at radius 2 is 1.92 bits per heavy atom. The van der Waals surface area contributed by atoms with Crippen molar-refractivity contribution in [2.45, 2.75) is 39.7 Å². The van der Waals surface area contributed by atoms with Gasteiger partial charge in [0.15, 0.2) is 0 Å². The van der Waals surface area contributed by atoms with Crippen LogP contribution in [-0.4, -0.2) is 21.6 Å². The second kappa shape index (κ2) is 8.24. The zero-order valence-corrected chi connectivity index (χ0v) is 14.2. The van der Waals surface area contributed by atoms with E-state index in [1.807, 2.05) is 44.2 Å². The zero-order chi connectivity index (χ0) is 17.5. The fraction of sp³-hybridized carbons (Fsp3) is 0.316. The highest BCUT2D eigenvalue weighted by molar-refractivity contribution is 5.85. The van der Waals surface area contributed by atoms with Crippen molar-refractivity contribution in [2.75, 3.05) is 0 Å². The van der Waals surface area contributed by atoms with Crippen LogP contribution in [0.5, 0.6) is 0 Å². The summed E-state index contributed by atoms with van der Waals surface area (Å²) in [5.41, 5.74) is 3.70. The summed E-state index contributed by atoms with van der Waals surface area (Å²) in [5, 5.41) is 7.11. The lowest BCUT2D eigenvalue weighted by atomic mass is 10.1. The first-order chi connectivity index (χ1) is 11.5. The summed E-state index contributed by atoms with van der Waals surface area (Å²) < 4.78 is 1.40. The van der Waals surface area contributed by atoms with E-state index in [2.05, 4.69) is 17.0 Å². The van der Waals surface area contributed by atoms with Gasteiger partial charge in [0, 0.05) is 30.6 Å². The molecule has 0 saturated carbocycles. The minimum absolute atomic E-state index is 0.135. The summed E-state index contributed by atoms with van der Waals surface area (Å²) in [6.07, 6.45) is 2.77. The Hall–Kier alpha value is -2.69. The van der Waals surface area contributed by atoms with Crippen molar-refractivity contribution in [1.82, 2.24) is 15.1 Å². The predicted molar refractivity (Wildman–Crippen MR) is 93.8 cm³/mol. The molecule has 1 aromatic carbocycles. The van der Waals surface area contributed by atoms with E-state index in [0.29, 0.717) is 13.0 Å². The maximum absolute atomic E-state index is 12.3. The van der Waals surface area contributed by atoms with Gasteiger partial charge in [0.2, 0.25) is 11.8 Å². The molecule has 126 valence electrons. The number of nitrogens with zero attached hydrogens (tertiary/aromatic N) is 2. The lowest BCUT2D eigenvalue weighted by Gasteiger charge is -2.06. The van der Waals surface area contributed by atoms with E-state index in [9.17, 15) is 9.59 Å². The number of hydrogen-bond acceptors (Lipinski definition) is 3. The number of aryl methyl sites for hydroxylation is 1. The van der Waals surface area contributed by atoms with Gasteiger partial charge < -0.3 is 5.32 Å². The Balaban J connectivity index is 1.87. The predicted octanol–water partition coefficient (Wildman–Crippen LogP) is 2.97. The number of rotatable bonds is 7. The molecule has 1 aromatic heterocycles. The van der Waals surface area contributed by atoms with Crippen LogP contribution in [0.2, 0.25) is 0 Å². The number of allylic oxidation sites excluding steroid dienone is 1. The van der Waals surface area contributed by atoms with Crippen LogP contribution in [0.3, 0.4) is 0 Å². The lowest BCUT2D eigenvalue weighted by Crippen LogP contribution is -2.24. The number of hydrogen-bond donors (Lipinski definition) is 1. The van der Waals surface area contributed by atoms with Crippen LogP contribution in [0.1, 0.15) is 40.2 Å². The third-order valence-corrected chi connectivity index (χ3v) is 3.92. The average molecular weight is 325 g/mol. The molecule has 1 N–H and O–H groups in total. The molecule has 5 heteroatoms. The zero-order valence-electron chi connectivity index (χ0n) is 14.2. The Morgan fingerprint density at radius 3 is 2.58 bits per heavy atom. The Morgan fingerprint density at radius 1 is 1.21 bits per heavy atom. The summed E-state index contributed by atoms with van der Waals surface area (Å²) in [6, 6.07) is 9.67. The summed E-state index contributed by atoms with van der Waals surface area (Å²) in [4.78, 5) is 24.2. The van der Waals surface area contributed by atoms with E-state index in [-0.39, 0.29) is 24.7 Å². The molecule has 0 spiro atoms. The summed E-state index contributed by atoms with van der Waals surface area (Å²) in [5.74, 6) is -0.305. The van der Waals surface area contributed by atoms with Crippen molar-refractivity contribution in [3.8, 4) is 0 Å². The number of aromatic nitrogens is 2. The standard InChI is InChI=1S/C19H23N3O2/c1-4-8-17-14(2)21-22(15(17)3)19(24)12-11-18(23)20-13-16-9-6-5-7-10-16/h4-7,9-10H,1,8,11-13H2,2-3H3,(H,20,23). The molecule has 2 rings (SSSR count). The van der Waals surface area contributed by atoms with Gasteiger partial charge in [0.25, 0.3) is 0 Å². The maximum Gasteiger partial charge on any atom is 0.247 e. The fourth-order valence-electron chi connectivity index (χ4n) is 2.57. The quantitative estimate of drug-likeness (QED) is 0.796. The highest BCUT2D eigenvalue weighted by Gasteiger charge is 2.16. The Labute approximate surface area is 142 Å². The SMILES string of the molecule is C=CCc1c(C)nn(C(=O)CCC(=O)NCc2ccccc2)c1C. The van der Waals surface area contributed by atoms with Gasteiger partial charge >= 0.3 is 0 Å². The molecule has 2 aromatic rings. The van der Waals surface area contributed by atoms with Crippen LogP contribution in [0.25, 0.3) is 0 Å². The molecular formula is C19H23N3O2. The molecule has 1 heterocycles. The highest BCUT2D eigenvalue weighted by Crippen LogP contribution is 2.14. The fourth-order valence-corrected chi connectivity index (χ4v) is 2.57. The Kier molecular flexibility index (Phi) is 6.07. The van der Waals surface area contributed by atoms with E-state index in [0.717, 1.165) is 22.5 Å². The van der Waals surface area contributed by atoms with Gasteiger partial charge in [-0.1, -0.05) is 36.4 Å². The van der Waals surface area contributed by atoms with E-state index < -0.39 is 0 Å². The topological polar surface area (TPSA) is 64.0 Å². The van der Waals surface area contributed by atoms with E-state index in [1.54, 1.807) is 6.08 Å². The van der Waals surface area contributed by atoms with Crippen LogP contribution in [0, 0.1) is 13.8 Å². The van der Waals surface area contributed by atoms with Crippen LogP contribution < -0.4 is 5.32 Å². The largest absolute Gasteiger partial charge is 0.352 e. The third kappa shape index (κ3) is 4.41. The van der Waals surface area contributed by atoms with Crippen molar-refractivity contribution in [3.63, 3.8) is 0 Å². The molecule has 0 saturated heterocycles. The maximum atomic E-state index is 12.3. The van der Waals surface area contributed by atoms with Gasteiger partial charge in [-0.25, -0.2) is 4.68 Å². The number of benzene rings is 1. The Bertz CT molecular complexity index is 733. The van der Waals surface area contributed by atoms with Gasteiger partial charge in [-0.15, -0.1) is 6.58 Å². The first kappa shape index (κ1) is 17.7. The first-order valence-electron chi connectivity index (χ1n) is 8.02. The van der Waals surface area contributed by atoms with Gasteiger partial charge in [0.1, 0.15) is 0 Å². The molecule has 1 amide bonds. The summed E-state index contributed by atoms with van der Waals surface area (Å²) >= 11 is 0. The minimum atomic E-state index is -0.166. The van der Waals surface area contributed by atoms with Crippen LogP contribution in [0.15, 0.2) is 43.0 Å². The summed E-state index contributed by atoms with van der Waals surface area (Å²) in [7, 11) is 0. The van der Waals surface area contributed by atoms with Crippen molar-refractivity contribution in [1.29, 1.82) is 0 Å². The van der Waals surface area contributed by atoms with Gasteiger partial charge in [0.05, 0.1) is 5.69 Å². The third-order valence-electron chi connectivity index (χ3n) is 3.92. The molecule has 0 aliphatic heterocycles. The van der Waals surface area contributed by atoms with Crippen molar-refractivity contribution >= 4 is 11.8 Å². The highest BCUT2D eigenvalue weighted by atomic mass is 16.2. The molecule has 0 bridgehead atoms. The molecule has 0 unspecified atom stereocenters. The molecule has 0 aliphatic rings.